The van der Waals surface area contributed by atoms with Crippen molar-refractivity contribution in [2.45, 2.75) is 322 Å². The van der Waals surface area contributed by atoms with E-state index in [1.807, 2.05) is 0 Å². The summed E-state index contributed by atoms with van der Waals surface area (Å²) in [4.78, 5) is 37.8. The summed E-state index contributed by atoms with van der Waals surface area (Å²) in [7, 11) is 0. The molecule has 0 radical (unpaired) electrons. The highest BCUT2D eigenvalue weighted by Gasteiger charge is 2.19. The van der Waals surface area contributed by atoms with Crippen molar-refractivity contribution < 1.29 is 28.6 Å². The van der Waals surface area contributed by atoms with Crippen LogP contribution in [-0.4, -0.2) is 37.2 Å². The Morgan fingerprint density at radius 1 is 0.288 bits per heavy atom. The Morgan fingerprint density at radius 3 is 0.863 bits per heavy atom. The van der Waals surface area contributed by atoms with Crippen molar-refractivity contribution in [3.05, 3.63) is 72.9 Å². The Kier molecular flexibility index (Phi) is 58.7. The van der Waals surface area contributed by atoms with Gasteiger partial charge < -0.3 is 14.2 Å². The number of allylic oxidation sites excluding steroid dienone is 12. The normalized spacial score (nSPS) is 12.5. The van der Waals surface area contributed by atoms with Crippen LogP contribution in [0.15, 0.2) is 72.9 Å². The Morgan fingerprint density at radius 2 is 0.534 bits per heavy atom. The van der Waals surface area contributed by atoms with E-state index < -0.39 is 6.10 Å². The number of ether oxygens (including phenoxy) is 3. The third kappa shape index (κ3) is 59.6. The van der Waals surface area contributed by atoms with Crippen LogP contribution in [0, 0.1) is 0 Å². The molecule has 73 heavy (non-hydrogen) atoms. The van der Waals surface area contributed by atoms with Crippen LogP contribution in [-0.2, 0) is 28.6 Å². The number of hydrogen-bond donors (Lipinski definition) is 0. The Balaban J connectivity index is 3.89. The number of rotatable bonds is 57. The Bertz CT molecular complexity index is 1360. The molecule has 0 aromatic carbocycles. The molecule has 0 spiro atoms. The van der Waals surface area contributed by atoms with Crippen molar-refractivity contribution in [2.75, 3.05) is 13.2 Å². The lowest BCUT2D eigenvalue weighted by Gasteiger charge is -2.18. The van der Waals surface area contributed by atoms with E-state index in [1.165, 1.54) is 180 Å². The first-order valence-electron chi connectivity index (χ1n) is 31.4. The highest BCUT2D eigenvalue weighted by atomic mass is 16.6. The summed E-state index contributed by atoms with van der Waals surface area (Å²) in [5.74, 6) is -0.937. The number of unbranched alkanes of at least 4 members (excludes halogenated alkanes) is 34. The van der Waals surface area contributed by atoms with E-state index in [4.69, 9.17) is 14.2 Å². The minimum absolute atomic E-state index is 0.0894. The maximum atomic E-state index is 12.7. The number of hydrogen-bond acceptors (Lipinski definition) is 6. The summed E-state index contributed by atoms with van der Waals surface area (Å²) in [6, 6.07) is 0. The summed E-state index contributed by atoms with van der Waals surface area (Å²) in [6.07, 6.45) is 79.9. The number of carbonyl (C=O) groups excluding carboxylic acids is 3. The van der Waals surface area contributed by atoms with Crippen molar-refractivity contribution in [1.29, 1.82) is 0 Å². The molecular weight excluding hydrogens is 901 g/mol. The molecule has 0 bridgehead atoms. The zero-order chi connectivity index (χ0) is 52.9. The molecule has 6 nitrogen and oxygen atoms in total. The molecule has 0 saturated heterocycles. The summed E-state index contributed by atoms with van der Waals surface area (Å²) in [5.41, 5.74) is 0. The molecule has 422 valence electrons. The van der Waals surface area contributed by atoms with Gasteiger partial charge in [-0.15, -0.1) is 0 Å². The summed E-state index contributed by atoms with van der Waals surface area (Å²) in [5, 5.41) is 0. The van der Waals surface area contributed by atoms with Crippen LogP contribution in [0.5, 0.6) is 0 Å². The fourth-order valence-electron chi connectivity index (χ4n) is 9.00. The van der Waals surface area contributed by atoms with Crippen LogP contribution in [0.2, 0.25) is 0 Å². The standard InChI is InChI=1S/C67H118O6/c1-4-7-10-13-15-17-19-21-23-24-25-26-27-28-29-30-31-32-33-34-35-36-37-38-39-40-41-42-44-45-47-49-51-54-57-60-66(69)72-63-64(62-71-65(68)59-56-53-12-9-6-3)73-67(70)61-58-55-52-50-48-46-43-22-20-18-16-14-11-8-5-2/h8,11,16,18-19,21-22,24-25,43,48,50,64H,4-7,9-10,12-15,17,20,23,26-42,44-47,49,51-63H2,1-3H3/b11-8-,18-16-,21-19-,25-24-,43-22-,50-48-. The lowest BCUT2D eigenvalue weighted by atomic mass is 10.0. The van der Waals surface area contributed by atoms with Gasteiger partial charge in [-0.2, -0.15) is 0 Å². The van der Waals surface area contributed by atoms with Gasteiger partial charge in [0.25, 0.3) is 0 Å². The van der Waals surface area contributed by atoms with Crippen molar-refractivity contribution >= 4 is 17.9 Å². The molecule has 0 aromatic heterocycles. The van der Waals surface area contributed by atoms with Crippen LogP contribution in [0.1, 0.15) is 316 Å². The third-order valence-corrected chi connectivity index (χ3v) is 13.7. The molecule has 0 aliphatic rings. The van der Waals surface area contributed by atoms with E-state index in [0.29, 0.717) is 19.3 Å². The molecule has 0 aromatic rings. The first-order valence-corrected chi connectivity index (χ1v) is 31.4. The molecule has 0 aliphatic carbocycles. The number of esters is 3. The zero-order valence-electron chi connectivity index (χ0n) is 48.4. The van der Waals surface area contributed by atoms with Crippen molar-refractivity contribution in [1.82, 2.24) is 0 Å². The maximum absolute atomic E-state index is 12.7. The zero-order valence-corrected chi connectivity index (χ0v) is 48.4. The van der Waals surface area contributed by atoms with Gasteiger partial charge in [0.15, 0.2) is 6.10 Å². The first-order chi connectivity index (χ1) is 36.0. The minimum Gasteiger partial charge on any atom is -0.462 e. The second-order valence-electron chi connectivity index (χ2n) is 20.9. The monoisotopic (exact) mass is 1020 g/mol. The second kappa shape index (κ2) is 61.4. The highest BCUT2D eigenvalue weighted by molar-refractivity contribution is 5.71. The van der Waals surface area contributed by atoms with Crippen LogP contribution < -0.4 is 0 Å². The molecule has 1 atom stereocenters. The molecule has 0 fully saturated rings. The molecule has 0 rings (SSSR count). The first kappa shape index (κ1) is 69.8. The lowest BCUT2D eigenvalue weighted by molar-refractivity contribution is -0.167. The average Bonchev–Trinajstić information content (AvgIpc) is 3.39. The lowest BCUT2D eigenvalue weighted by Crippen LogP contribution is -2.30. The van der Waals surface area contributed by atoms with Crippen LogP contribution in [0.3, 0.4) is 0 Å². The van der Waals surface area contributed by atoms with Crippen molar-refractivity contribution in [3.8, 4) is 0 Å². The smallest absolute Gasteiger partial charge is 0.306 e. The van der Waals surface area contributed by atoms with E-state index >= 15 is 0 Å². The third-order valence-electron chi connectivity index (χ3n) is 13.7. The topological polar surface area (TPSA) is 78.9 Å². The second-order valence-corrected chi connectivity index (χ2v) is 20.9. The fourth-order valence-corrected chi connectivity index (χ4v) is 9.00. The molecular formula is C67H118O6. The fraction of sp³-hybridized carbons (Fsp3) is 0.776. The Hall–Kier alpha value is -3.15. The predicted octanol–water partition coefficient (Wildman–Crippen LogP) is 21.3. The average molecular weight is 1020 g/mol. The largest absolute Gasteiger partial charge is 0.462 e. The SMILES string of the molecule is CC/C=C\C/C=C\C/C=C\C/C=C\CCCCC(=O)OC(COC(=O)CCCCCCC)COC(=O)CCCCCCCCCCCCCCCCCCCCCCCCC/C=C\C/C=C\CCCCCCC. The van der Waals surface area contributed by atoms with Crippen molar-refractivity contribution in [2.24, 2.45) is 0 Å². The van der Waals surface area contributed by atoms with Gasteiger partial charge in [0, 0.05) is 19.3 Å². The van der Waals surface area contributed by atoms with E-state index in [9.17, 15) is 14.4 Å². The van der Waals surface area contributed by atoms with E-state index in [1.54, 1.807) is 0 Å². The molecule has 0 N–H and O–H groups in total. The van der Waals surface area contributed by atoms with Crippen molar-refractivity contribution in [3.63, 3.8) is 0 Å². The predicted molar refractivity (Wildman–Crippen MR) is 316 cm³/mol. The van der Waals surface area contributed by atoms with Gasteiger partial charge in [0.05, 0.1) is 0 Å². The van der Waals surface area contributed by atoms with E-state index in [0.717, 1.165) is 89.9 Å². The van der Waals surface area contributed by atoms with Gasteiger partial charge in [0.2, 0.25) is 0 Å². The van der Waals surface area contributed by atoms with Gasteiger partial charge in [-0.3, -0.25) is 14.4 Å². The van der Waals surface area contributed by atoms with Crippen LogP contribution in [0.25, 0.3) is 0 Å². The summed E-state index contributed by atoms with van der Waals surface area (Å²) in [6.45, 7) is 6.41. The molecule has 0 amide bonds. The van der Waals surface area contributed by atoms with Gasteiger partial charge in [0.1, 0.15) is 13.2 Å². The molecule has 1 unspecified atom stereocenters. The van der Waals surface area contributed by atoms with Crippen LogP contribution >= 0.6 is 0 Å². The summed E-state index contributed by atoms with van der Waals surface area (Å²) >= 11 is 0. The quantitative estimate of drug-likeness (QED) is 0.0261. The number of carbonyl (C=O) groups is 3. The van der Waals surface area contributed by atoms with Crippen LogP contribution in [0.4, 0.5) is 0 Å². The van der Waals surface area contributed by atoms with E-state index in [-0.39, 0.29) is 37.5 Å². The molecule has 6 heteroatoms. The minimum atomic E-state index is -0.791. The highest BCUT2D eigenvalue weighted by Crippen LogP contribution is 2.17. The van der Waals surface area contributed by atoms with E-state index in [2.05, 4.69) is 93.7 Å². The summed E-state index contributed by atoms with van der Waals surface area (Å²) < 4.78 is 16.7. The molecule has 0 saturated carbocycles. The molecule has 0 aliphatic heterocycles. The van der Waals surface area contributed by atoms with Gasteiger partial charge in [-0.25, -0.2) is 0 Å². The Labute approximate surface area is 453 Å². The van der Waals surface area contributed by atoms with Gasteiger partial charge in [-0.1, -0.05) is 280 Å². The molecule has 0 heterocycles. The maximum Gasteiger partial charge on any atom is 0.306 e. The van der Waals surface area contributed by atoms with Gasteiger partial charge in [-0.05, 0) is 89.9 Å². The van der Waals surface area contributed by atoms with Gasteiger partial charge >= 0.3 is 17.9 Å².